The van der Waals surface area contributed by atoms with Crippen molar-refractivity contribution in [2.24, 2.45) is 5.73 Å². The van der Waals surface area contributed by atoms with Crippen LogP contribution in [0, 0.1) is 18.3 Å². The highest BCUT2D eigenvalue weighted by atomic mass is 32.2. The number of nitriles is 1. The van der Waals surface area contributed by atoms with Crippen LogP contribution in [0.2, 0.25) is 0 Å². The molecule has 0 saturated carbocycles. The van der Waals surface area contributed by atoms with Crippen molar-refractivity contribution < 1.29 is 14.2 Å². The summed E-state index contributed by atoms with van der Waals surface area (Å²) in [7, 11) is 3.19. The van der Waals surface area contributed by atoms with Gasteiger partial charge in [-0.2, -0.15) is 5.26 Å². The number of ether oxygens (including phenoxy) is 3. The lowest BCUT2D eigenvalue weighted by atomic mass is 9.83. The van der Waals surface area contributed by atoms with Crippen LogP contribution in [0.5, 0.6) is 17.4 Å². The Balaban J connectivity index is 1.79. The Morgan fingerprint density at radius 1 is 1.19 bits per heavy atom. The fourth-order valence-corrected chi connectivity index (χ4v) is 4.44. The molecule has 0 aliphatic carbocycles. The van der Waals surface area contributed by atoms with E-state index in [4.69, 9.17) is 19.9 Å². The zero-order valence-corrected chi connectivity index (χ0v) is 18.2. The van der Waals surface area contributed by atoms with Gasteiger partial charge in [0.15, 0.2) is 0 Å². The van der Waals surface area contributed by atoms with E-state index >= 15 is 0 Å². The van der Waals surface area contributed by atoms with Gasteiger partial charge in [0.25, 0.3) is 0 Å². The van der Waals surface area contributed by atoms with Gasteiger partial charge in [0.05, 0.1) is 31.4 Å². The van der Waals surface area contributed by atoms with E-state index in [2.05, 4.69) is 47.5 Å². The number of benzene rings is 2. The maximum Gasteiger partial charge on any atom is 0.244 e. The van der Waals surface area contributed by atoms with Gasteiger partial charge in [0.1, 0.15) is 23.1 Å². The molecule has 7 nitrogen and oxygen atoms in total. The van der Waals surface area contributed by atoms with Crippen molar-refractivity contribution in [3.8, 4) is 23.4 Å². The van der Waals surface area contributed by atoms with E-state index in [0.717, 1.165) is 21.7 Å². The van der Waals surface area contributed by atoms with Crippen LogP contribution in [0.3, 0.4) is 0 Å². The van der Waals surface area contributed by atoms with Gasteiger partial charge in [-0.3, -0.25) is 5.10 Å². The molecule has 0 spiro atoms. The maximum absolute atomic E-state index is 9.90. The number of thioether (sulfide) groups is 1. The fourth-order valence-electron chi connectivity index (χ4n) is 3.58. The SMILES string of the molecule is COc1ccc(OC)c([C@H]2C(C#N)=C(N)Oc3n[nH]c(CSc4ccc(C)cc4)c32)c1. The monoisotopic (exact) mass is 434 g/mol. The predicted octanol–water partition coefficient (Wildman–Crippen LogP) is 4.25. The molecular formula is C23H22N4O3S. The summed E-state index contributed by atoms with van der Waals surface area (Å²) in [5.74, 6) is 1.80. The molecule has 31 heavy (non-hydrogen) atoms. The number of fused-ring (bicyclic) bond motifs is 1. The van der Waals surface area contributed by atoms with Gasteiger partial charge in [0.2, 0.25) is 11.8 Å². The molecule has 3 aromatic rings. The number of aromatic nitrogens is 2. The highest BCUT2D eigenvalue weighted by Crippen LogP contribution is 2.47. The molecule has 0 amide bonds. The minimum absolute atomic E-state index is 0.0362. The molecule has 3 N–H and O–H groups in total. The van der Waals surface area contributed by atoms with E-state index in [0.29, 0.717) is 28.7 Å². The number of H-pyrrole nitrogens is 1. The normalized spacial score (nSPS) is 15.1. The zero-order valence-electron chi connectivity index (χ0n) is 17.4. The van der Waals surface area contributed by atoms with E-state index in [1.54, 1.807) is 26.0 Å². The van der Waals surface area contributed by atoms with E-state index < -0.39 is 5.92 Å². The van der Waals surface area contributed by atoms with Gasteiger partial charge in [0, 0.05) is 16.2 Å². The second-order valence-electron chi connectivity index (χ2n) is 7.06. The van der Waals surface area contributed by atoms with Gasteiger partial charge >= 0.3 is 0 Å². The first-order valence-corrected chi connectivity index (χ1v) is 10.6. The Morgan fingerprint density at radius 3 is 2.65 bits per heavy atom. The summed E-state index contributed by atoms with van der Waals surface area (Å²) >= 11 is 1.67. The molecule has 1 aliphatic heterocycles. The highest BCUT2D eigenvalue weighted by Gasteiger charge is 2.37. The van der Waals surface area contributed by atoms with Gasteiger partial charge in [-0.15, -0.1) is 16.9 Å². The van der Waals surface area contributed by atoms with Crippen LogP contribution >= 0.6 is 11.8 Å². The zero-order chi connectivity index (χ0) is 22.0. The summed E-state index contributed by atoms with van der Waals surface area (Å²) in [6.07, 6.45) is 0. The number of hydrogen-bond acceptors (Lipinski definition) is 7. The van der Waals surface area contributed by atoms with Crippen LogP contribution < -0.4 is 19.9 Å². The van der Waals surface area contributed by atoms with Crippen molar-refractivity contribution in [2.75, 3.05) is 14.2 Å². The number of hydrogen-bond donors (Lipinski definition) is 2. The van der Waals surface area contributed by atoms with Crippen LogP contribution in [0.25, 0.3) is 0 Å². The first kappa shape index (κ1) is 20.7. The van der Waals surface area contributed by atoms with E-state index in [-0.39, 0.29) is 5.88 Å². The van der Waals surface area contributed by atoms with Gasteiger partial charge in [-0.1, -0.05) is 17.7 Å². The van der Waals surface area contributed by atoms with Gasteiger partial charge < -0.3 is 19.9 Å². The van der Waals surface area contributed by atoms with Crippen molar-refractivity contribution >= 4 is 11.8 Å². The molecule has 158 valence electrons. The first-order chi connectivity index (χ1) is 15.0. The number of nitrogens with two attached hydrogens (primary N) is 1. The Kier molecular flexibility index (Phi) is 5.78. The van der Waals surface area contributed by atoms with Crippen molar-refractivity contribution in [3.05, 3.63) is 76.3 Å². The molecular weight excluding hydrogens is 412 g/mol. The van der Waals surface area contributed by atoms with E-state index in [1.807, 2.05) is 18.2 Å². The summed E-state index contributed by atoms with van der Waals surface area (Å²) in [6.45, 7) is 2.06. The highest BCUT2D eigenvalue weighted by molar-refractivity contribution is 7.98. The molecule has 2 heterocycles. The molecule has 0 unspecified atom stereocenters. The quantitative estimate of drug-likeness (QED) is 0.559. The van der Waals surface area contributed by atoms with Crippen molar-refractivity contribution in [1.82, 2.24) is 10.2 Å². The average Bonchev–Trinajstić information content (AvgIpc) is 3.19. The summed E-state index contributed by atoms with van der Waals surface area (Å²) in [5.41, 5.74) is 9.99. The molecule has 4 rings (SSSR count). The van der Waals surface area contributed by atoms with E-state index in [9.17, 15) is 5.26 Å². The third-order valence-corrected chi connectivity index (χ3v) is 6.21. The summed E-state index contributed by atoms with van der Waals surface area (Å²) in [5, 5.41) is 17.3. The molecule has 0 fully saturated rings. The lowest BCUT2D eigenvalue weighted by Crippen LogP contribution is -2.21. The number of methoxy groups -OCH3 is 2. The Morgan fingerprint density at radius 2 is 1.97 bits per heavy atom. The number of aryl methyl sites for hydroxylation is 1. The topological polar surface area (TPSA) is 106 Å². The predicted molar refractivity (Wildman–Crippen MR) is 118 cm³/mol. The maximum atomic E-state index is 9.90. The minimum Gasteiger partial charge on any atom is -0.497 e. The summed E-state index contributed by atoms with van der Waals surface area (Å²) < 4.78 is 16.7. The van der Waals surface area contributed by atoms with Gasteiger partial charge in [-0.05, 0) is 37.3 Å². The number of nitrogens with one attached hydrogen (secondary N) is 1. The largest absolute Gasteiger partial charge is 0.497 e. The van der Waals surface area contributed by atoms with Crippen molar-refractivity contribution in [2.45, 2.75) is 23.5 Å². The number of allylic oxidation sites excluding steroid dienone is 1. The number of nitrogens with zero attached hydrogens (tertiary/aromatic N) is 2. The average molecular weight is 435 g/mol. The lowest BCUT2D eigenvalue weighted by molar-refractivity contribution is 0.373. The molecule has 1 atom stereocenters. The Labute approximate surface area is 184 Å². The Bertz CT molecular complexity index is 1180. The van der Waals surface area contributed by atoms with Crippen LogP contribution in [0.15, 0.2) is 58.8 Å². The third kappa shape index (κ3) is 3.92. The molecule has 1 aliphatic rings. The number of aromatic amines is 1. The first-order valence-electron chi connectivity index (χ1n) is 9.61. The van der Waals surface area contributed by atoms with E-state index in [1.165, 1.54) is 5.56 Å². The minimum atomic E-state index is -0.494. The van der Waals surface area contributed by atoms with Crippen LogP contribution in [0.4, 0.5) is 0 Å². The third-order valence-electron chi connectivity index (χ3n) is 5.17. The Hall–Kier alpha value is -3.57. The molecule has 8 heteroatoms. The number of rotatable bonds is 6. The standard InChI is InChI=1S/C23H22N4O3S/c1-13-4-7-15(8-5-13)31-12-18-21-20(16-10-14(28-2)6-9-19(16)29-3)17(11-24)22(25)30-23(21)27-26-18/h4-10,20H,12,25H2,1-3H3,(H,26,27)/t20-/m0/s1. The van der Waals surface area contributed by atoms with Crippen LogP contribution in [-0.2, 0) is 5.75 Å². The summed E-state index contributed by atoms with van der Waals surface area (Å²) in [4.78, 5) is 1.14. The van der Waals surface area contributed by atoms with Crippen molar-refractivity contribution in [1.29, 1.82) is 5.26 Å². The van der Waals surface area contributed by atoms with Crippen LogP contribution in [-0.4, -0.2) is 24.4 Å². The second kappa shape index (κ2) is 8.66. The van der Waals surface area contributed by atoms with Crippen molar-refractivity contribution in [3.63, 3.8) is 0 Å². The van der Waals surface area contributed by atoms with Crippen LogP contribution in [0.1, 0.15) is 28.3 Å². The molecule has 0 bridgehead atoms. The molecule has 0 saturated heterocycles. The molecule has 1 aromatic heterocycles. The molecule has 2 aromatic carbocycles. The second-order valence-corrected chi connectivity index (χ2v) is 8.10. The summed E-state index contributed by atoms with van der Waals surface area (Å²) in [6, 6.07) is 16.0. The lowest BCUT2D eigenvalue weighted by Gasteiger charge is -2.25. The van der Waals surface area contributed by atoms with Gasteiger partial charge in [-0.25, -0.2) is 0 Å². The molecule has 0 radical (unpaired) electrons. The fraction of sp³-hybridized carbons (Fsp3) is 0.217. The smallest absolute Gasteiger partial charge is 0.244 e.